The van der Waals surface area contributed by atoms with E-state index in [1.165, 1.54) is 4.57 Å². The van der Waals surface area contributed by atoms with E-state index < -0.39 is 5.76 Å². The summed E-state index contributed by atoms with van der Waals surface area (Å²) in [4.78, 5) is 31.4. The van der Waals surface area contributed by atoms with Crippen molar-refractivity contribution in [2.24, 2.45) is 0 Å². The molecule has 148 valence electrons. The van der Waals surface area contributed by atoms with Crippen LogP contribution in [0.4, 0.5) is 0 Å². The summed E-state index contributed by atoms with van der Waals surface area (Å²) in [5.74, 6) is 0.285. The zero-order valence-corrected chi connectivity index (χ0v) is 15.7. The maximum absolute atomic E-state index is 13.0. The molecule has 1 amide bonds. The number of likely N-dealkylation sites (tertiary alicyclic amines) is 1. The van der Waals surface area contributed by atoms with Crippen LogP contribution in [0.2, 0.25) is 0 Å². The Balaban J connectivity index is 1.55. The van der Waals surface area contributed by atoms with E-state index >= 15 is 0 Å². The third-order valence-corrected chi connectivity index (χ3v) is 4.99. The van der Waals surface area contributed by atoms with Gasteiger partial charge in [0.15, 0.2) is 11.4 Å². The molecule has 1 aliphatic rings. The van der Waals surface area contributed by atoms with Gasteiger partial charge in [0.2, 0.25) is 11.8 Å². The van der Waals surface area contributed by atoms with Crippen molar-refractivity contribution in [1.29, 1.82) is 0 Å². The van der Waals surface area contributed by atoms with E-state index in [0.717, 1.165) is 19.3 Å². The standard InChI is InChI=1S/C19H22N4O5/c1-26-11-9-16-20-18(28-21-16)14-7-4-5-10-22(14)17(24)12-23-13-6-2-3-8-15(13)27-19(23)25/h2-3,6,8,14H,4-5,7,9-12H2,1H3. The predicted molar refractivity (Wildman–Crippen MR) is 98.7 cm³/mol. The number of para-hydroxylation sites is 2. The van der Waals surface area contributed by atoms with Crippen molar-refractivity contribution in [3.8, 4) is 0 Å². The Kier molecular flexibility index (Phi) is 5.25. The lowest BCUT2D eigenvalue weighted by molar-refractivity contribution is -0.136. The molecule has 0 saturated carbocycles. The first-order chi connectivity index (χ1) is 13.7. The largest absolute Gasteiger partial charge is 0.420 e. The highest BCUT2D eigenvalue weighted by Gasteiger charge is 2.32. The smallest absolute Gasteiger partial charge is 0.408 e. The van der Waals surface area contributed by atoms with E-state index in [-0.39, 0.29) is 18.5 Å². The highest BCUT2D eigenvalue weighted by Crippen LogP contribution is 2.30. The molecular weight excluding hydrogens is 364 g/mol. The van der Waals surface area contributed by atoms with Gasteiger partial charge in [-0.05, 0) is 31.4 Å². The monoisotopic (exact) mass is 386 g/mol. The van der Waals surface area contributed by atoms with Gasteiger partial charge in [-0.2, -0.15) is 4.98 Å². The van der Waals surface area contributed by atoms with Crippen molar-refractivity contribution in [2.75, 3.05) is 20.3 Å². The molecule has 1 unspecified atom stereocenters. The molecule has 1 atom stereocenters. The summed E-state index contributed by atoms with van der Waals surface area (Å²) in [6.07, 6.45) is 3.17. The van der Waals surface area contributed by atoms with Crippen LogP contribution in [0.3, 0.4) is 0 Å². The van der Waals surface area contributed by atoms with Gasteiger partial charge in [-0.1, -0.05) is 17.3 Å². The van der Waals surface area contributed by atoms with Crippen LogP contribution in [-0.4, -0.2) is 45.8 Å². The van der Waals surface area contributed by atoms with Crippen LogP contribution < -0.4 is 5.76 Å². The van der Waals surface area contributed by atoms with E-state index in [4.69, 9.17) is 13.7 Å². The number of aromatic nitrogens is 3. The molecule has 0 bridgehead atoms. The Hall–Kier alpha value is -2.94. The third kappa shape index (κ3) is 3.57. The molecule has 0 spiro atoms. The predicted octanol–water partition coefficient (Wildman–Crippen LogP) is 1.92. The average molecular weight is 386 g/mol. The van der Waals surface area contributed by atoms with Gasteiger partial charge in [-0.3, -0.25) is 9.36 Å². The molecule has 9 nitrogen and oxygen atoms in total. The molecule has 1 aliphatic heterocycles. The maximum atomic E-state index is 13.0. The number of amides is 1. The Morgan fingerprint density at radius 1 is 1.32 bits per heavy atom. The SMILES string of the molecule is COCCc1noc(C2CCCCN2C(=O)Cn2c(=O)oc3ccccc32)n1. The van der Waals surface area contributed by atoms with Crippen LogP contribution in [0.15, 0.2) is 38.0 Å². The highest BCUT2D eigenvalue weighted by molar-refractivity contribution is 5.80. The van der Waals surface area contributed by atoms with Crippen molar-refractivity contribution < 1.29 is 18.5 Å². The van der Waals surface area contributed by atoms with Gasteiger partial charge in [0.1, 0.15) is 12.6 Å². The number of rotatable bonds is 6. The second-order valence-electron chi connectivity index (χ2n) is 6.81. The first-order valence-electron chi connectivity index (χ1n) is 9.36. The number of benzene rings is 1. The number of ether oxygens (including phenoxy) is 1. The first-order valence-corrected chi connectivity index (χ1v) is 9.36. The van der Waals surface area contributed by atoms with Gasteiger partial charge >= 0.3 is 5.76 Å². The van der Waals surface area contributed by atoms with Gasteiger partial charge in [-0.25, -0.2) is 4.79 Å². The molecule has 9 heteroatoms. The maximum Gasteiger partial charge on any atom is 0.420 e. The first kappa shape index (κ1) is 18.4. The van der Waals surface area contributed by atoms with Crippen molar-refractivity contribution in [3.05, 3.63) is 46.5 Å². The fourth-order valence-electron chi connectivity index (χ4n) is 3.57. The number of carbonyl (C=O) groups is 1. The van der Waals surface area contributed by atoms with Gasteiger partial charge in [0.05, 0.1) is 12.1 Å². The minimum absolute atomic E-state index is 0.0863. The summed E-state index contributed by atoms with van der Waals surface area (Å²) in [7, 11) is 1.62. The molecule has 0 radical (unpaired) electrons. The number of nitrogens with zero attached hydrogens (tertiary/aromatic N) is 4. The van der Waals surface area contributed by atoms with Crippen LogP contribution in [0.1, 0.15) is 37.0 Å². The van der Waals surface area contributed by atoms with E-state index in [1.807, 2.05) is 6.07 Å². The van der Waals surface area contributed by atoms with Gasteiger partial charge in [0, 0.05) is 20.1 Å². The molecule has 1 fully saturated rings. The number of piperidine rings is 1. The number of carbonyl (C=O) groups excluding carboxylic acids is 1. The van der Waals surface area contributed by atoms with Crippen LogP contribution in [0.25, 0.3) is 11.1 Å². The second kappa shape index (κ2) is 7.97. The number of fused-ring (bicyclic) bond motifs is 1. The number of hydrogen-bond donors (Lipinski definition) is 0. The summed E-state index contributed by atoms with van der Waals surface area (Å²) in [6, 6.07) is 6.79. The minimum Gasteiger partial charge on any atom is -0.408 e. The highest BCUT2D eigenvalue weighted by atomic mass is 16.5. The average Bonchev–Trinajstić information content (AvgIpc) is 3.31. The van der Waals surface area contributed by atoms with Crippen molar-refractivity contribution >= 4 is 17.0 Å². The summed E-state index contributed by atoms with van der Waals surface area (Å²) < 4.78 is 17.0. The Labute approximate surface area is 160 Å². The molecular formula is C19H22N4O5. The minimum atomic E-state index is -0.539. The zero-order chi connectivity index (χ0) is 19.5. The molecule has 4 rings (SSSR count). The summed E-state index contributed by atoms with van der Waals surface area (Å²) >= 11 is 0. The van der Waals surface area contributed by atoms with E-state index in [0.29, 0.717) is 42.4 Å². The lowest BCUT2D eigenvalue weighted by atomic mass is 10.0. The lowest BCUT2D eigenvalue weighted by Gasteiger charge is -2.33. The molecule has 1 aromatic carbocycles. The second-order valence-corrected chi connectivity index (χ2v) is 6.81. The van der Waals surface area contributed by atoms with Gasteiger partial charge in [-0.15, -0.1) is 0 Å². The number of hydrogen-bond acceptors (Lipinski definition) is 7. The number of oxazole rings is 1. The summed E-state index contributed by atoms with van der Waals surface area (Å²) in [5, 5.41) is 3.98. The molecule has 1 saturated heterocycles. The number of methoxy groups -OCH3 is 1. The fourth-order valence-corrected chi connectivity index (χ4v) is 3.57. The van der Waals surface area contributed by atoms with E-state index in [9.17, 15) is 9.59 Å². The van der Waals surface area contributed by atoms with E-state index in [1.54, 1.807) is 30.2 Å². The Bertz CT molecular complexity index is 1020. The Morgan fingerprint density at radius 3 is 3.04 bits per heavy atom. The molecule has 28 heavy (non-hydrogen) atoms. The van der Waals surface area contributed by atoms with Crippen LogP contribution >= 0.6 is 0 Å². The quantitative estimate of drug-likeness (QED) is 0.637. The van der Waals surface area contributed by atoms with Crippen molar-refractivity contribution in [2.45, 2.75) is 38.3 Å². The van der Waals surface area contributed by atoms with Crippen molar-refractivity contribution in [3.63, 3.8) is 0 Å². The van der Waals surface area contributed by atoms with Crippen LogP contribution in [0.5, 0.6) is 0 Å². The van der Waals surface area contributed by atoms with Gasteiger partial charge < -0.3 is 18.6 Å². The Morgan fingerprint density at radius 2 is 2.18 bits per heavy atom. The molecule has 0 aliphatic carbocycles. The molecule has 0 N–H and O–H groups in total. The fraction of sp³-hybridized carbons (Fsp3) is 0.474. The summed E-state index contributed by atoms with van der Waals surface area (Å²) in [6.45, 7) is 1.00. The van der Waals surface area contributed by atoms with Crippen LogP contribution in [0, 0.1) is 0 Å². The molecule has 2 aromatic heterocycles. The normalized spacial score (nSPS) is 17.3. The molecule has 3 heterocycles. The zero-order valence-electron chi connectivity index (χ0n) is 15.7. The van der Waals surface area contributed by atoms with Crippen LogP contribution in [-0.2, 0) is 22.5 Å². The third-order valence-electron chi connectivity index (χ3n) is 4.99. The van der Waals surface area contributed by atoms with Crippen molar-refractivity contribution in [1.82, 2.24) is 19.6 Å². The topological polar surface area (TPSA) is 104 Å². The lowest BCUT2D eigenvalue weighted by Crippen LogP contribution is -2.41. The van der Waals surface area contributed by atoms with E-state index in [2.05, 4.69) is 10.1 Å². The van der Waals surface area contributed by atoms with Gasteiger partial charge in [0.25, 0.3) is 0 Å². The molecule has 3 aromatic rings. The summed E-state index contributed by atoms with van der Waals surface area (Å²) in [5.41, 5.74) is 1.07.